The van der Waals surface area contributed by atoms with E-state index in [9.17, 15) is 13.6 Å². The Bertz CT molecular complexity index is 455. The largest absolute Gasteiger partial charge is 0.493 e. The van der Waals surface area contributed by atoms with Crippen molar-refractivity contribution >= 4 is 21.8 Å². The van der Waals surface area contributed by atoms with Crippen LogP contribution in [0.5, 0.6) is 11.5 Å². The SMILES string of the molecule is COc1cc(CCNC(=O)C(C)Br)ccc1OC(F)F. The van der Waals surface area contributed by atoms with E-state index < -0.39 is 6.61 Å². The van der Waals surface area contributed by atoms with Gasteiger partial charge in [-0.3, -0.25) is 4.79 Å². The quantitative estimate of drug-likeness (QED) is 0.768. The molecule has 1 unspecified atom stereocenters. The Balaban J connectivity index is 2.61. The Kier molecular flexibility index (Phi) is 6.70. The van der Waals surface area contributed by atoms with Gasteiger partial charge in [-0.15, -0.1) is 0 Å². The molecule has 1 aromatic carbocycles. The highest BCUT2D eigenvalue weighted by Gasteiger charge is 2.11. The van der Waals surface area contributed by atoms with E-state index in [1.807, 2.05) is 0 Å². The summed E-state index contributed by atoms with van der Waals surface area (Å²) in [5.41, 5.74) is 0.853. The summed E-state index contributed by atoms with van der Waals surface area (Å²) in [7, 11) is 1.38. The number of amides is 1. The van der Waals surface area contributed by atoms with Crippen molar-refractivity contribution in [3.63, 3.8) is 0 Å². The van der Waals surface area contributed by atoms with Crippen molar-refractivity contribution < 1.29 is 23.0 Å². The number of ether oxygens (including phenoxy) is 2. The summed E-state index contributed by atoms with van der Waals surface area (Å²) in [6.07, 6.45) is 0.566. The van der Waals surface area contributed by atoms with Crippen molar-refractivity contribution in [2.75, 3.05) is 13.7 Å². The minimum absolute atomic E-state index is 0.00985. The minimum atomic E-state index is -2.89. The van der Waals surface area contributed by atoms with Crippen LogP contribution >= 0.6 is 15.9 Å². The number of benzene rings is 1. The molecule has 1 rings (SSSR count). The fourth-order valence-electron chi connectivity index (χ4n) is 1.53. The van der Waals surface area contributed by atoms with Gasteiger partial charge in [0, 0.05) is 6.54 Å². The van der Waals surface area contributed by atoms with Crippen LogP contribution in [0.2, 0.25) is 0 Å². The van der Waals surface area contributed by atoms with E-state index in [1.165, 1.54) is 13.2 Å². The van der Waals surface area contributed by atoms with Crippen molar-refractivity contribution in [1.29, 1.82) is 0 Å². The van der Waals surface area contributed by atoms with Crippen molar-refractivity contribution in [3.8, 4) is 11.5 Å². The van der Waals surface area contributed by atoms with E-state index >= 15 is 0 Å². The molecule has 0 aliphatic rings. The average molecular weight is 352 g/mol. The van der Waals surface area contributed by atoms with E-state index in [4.69, 9.17) is 4.74 Å². The first-order valence-corrected chi connectivity index (χ1v) is 6.89. The van der Waals surface area contributed by atoms with Gasteiger partial charge in [0.15, 0.2) is 11.5 Å². The monoisotopic (exact) mass is 351 g/mol. The number of hydrogen-bond donors (Lipinski definition) is 1. The highest BCUT2D eigenvalue weighted by molar-refractivity contribution is 9.10. The Labute approximate surface area is 124 Å². The van der Waals surface area contributed by atoms with Crippen LogP contribution < -0.4 is 14.8 Å². The highest BCUT2D eigenvalue weighted by atomic mass is 79.9. The molecule has 0 saturated carbocycles. The number of carbonyl (C=O) groups is 1. The normalized spacial score (nSPS) is 12.1. The van der Waals surface area contributed by atoms with Gasteiger partial charge in [0.1, 0.15) is 0 Å². The number of methoxy groups -OCH3 is 1. The van der Waals surface area contributed by atoms with Crippen LogP contribution in [0.15, 0.2) is 18.2 Å². The zero-order valence-corrected chi connectivity index (χ0v) is 12.7. The number of carbonyl (C=O) groups excluding carboxylic acids is 1. The Morgan fingerprint density at radius 1 is 1.40 bits per heavy atom. The Morgan fingerprint density at radius 3 is 2.65 bits per heavy atom. The third-order valence-electron chi connectivity index (χ3n) is 2.52. The van der Waals surface area contributed by atoms with Crippen LogP contribution in [0.1, 0.15) is 12.5 Å². The summed E-state index contributed by atoms with van der Waals surface area (Å²) in [6.45, 7) is -0.712. The number of hydrogen-bond acceptors (Lipinski definition) is 3. The first kappa shape index (κ1) is 16.7. The summed E-state index contributed by atoms with van der Waals surface area (Å²) in [5, 5.41) is 2.74. The smallest absolute Gasteiger partial charge is 0.387 e. The van der Waals surface area contributed by atoms with Gasteiger partial charge in [-0.1, -0.05) is 22.0 Å². The second-order valence-electron chi connectivity index (χ2n) is 4.02. The molecule has 0 saturated heterocycles. The van der Waals surface area contributed by atoms with Gasteiger partial charge in [0.05, 0.1) is 11.9 Å². The van der Waals surface area contributed by atoms with Crippen LogP contribution in [-0.4, -0.2) is 31.0 Å². The van der Waals surface area contributed by atoms with E-state index in [1.54, 1.807) is 19.1 Å². The number of nitrogens with one attached hydrogen (secondary N) is 1. The van der Waals surface area contributed by atoms with Crippen LogP contribution in [0.4, 0.5) is 8.78 Å². The maximum atomic E-state index is 12.2. The standard InChI is InChI=1S/C13H16BrF2NO3/c1-8(14)12(18)17-6-5-9-3-4-10(20-13(15)16)11(7-9)19-2/h3-4,7-8,13H,5-6H2,1-2H3,(H,17,18). The summed E-state index contributed by atoms with van der Waals surface area (Å²) >= 11 is 3.16. The second-order valence-corrected chi connectivity index (χ2v) is 5.39. The molecular weight excluding hydrogens is 336 g/mol. The molecule has 0 aromatic heterocycles. The molecule has 0 spiro atoms. The van der Waals surface area contributed by atoms with Crippen LogP contribution in [0.25, 0.3) is 0 Å². The van der Waals surface area contributed by atoms with Crippen LogP contribution in [0, 0.1) is 0 Å². The highest BCUT2D eigenvalue weighted by Crippen LogP contribution is 2.29. The summed E-state index contributed by atoms with van der Waals surface area (Å²) in [4.78, 5) is 11.1. The molecule has 1 N–H and O–H groups in total. The van der Waals surface area contributed by atoms with Gasteiger partial charge in [-0.25, -0.2) is 0 Å². The number of alkyl halides is 3. The molecule has 7 heteroatoms. The zero-order valence-electron chi connectivity index (χ0n) is 11.2. The molecule has 0 aliphatic heterocycles. The van der Waals surface area contributed by atoms with Gasteiger partial charge in [-0.05, 0) is 31.0 Å². The molecule has 0 aliphatic carbocycles. The molecule has 1 aromatic rings. The predicted molar refractivity (Wildman–Crippen MR) is 74.7 cm³/mol. The van der Waals surface area contributed by atoms with Crippen molar-refractivity contribution in [1.82, 2.24) is 5.32 Å². The van der Waals surface area contributed by atoms with Gasteiger partial charge in [-0.2, -0.15) is 8.78 Å². The maximum absolute atomic E-state index is 12.2. The number of halogens is 3. The van der Waals surface area contributed by atoms with Gasteiger partial charge >= 0.3 is 6.61 Å². The zero-order chi connectivity index (χ0) is 15.1. The minimum Gasteiger partial charge on any atom is -0.493 e. The van der Waals surface area contributed by atoms with Gasteiger partial charge < -0.3 is 14.8 Å². The molecule has 0 bridgehead atoms. The van der Waals surface area contributed by atoms with E-state index in [0.717, 1.165) is 5.56 Å². The maximum Gasteiger partial charge on any atom is 0.387 e. The first-order valence-electron chi connectivity index (χ1n) is 5.97. The van der Waals surface area contributed by atoms with E-state index in [2.05, 4.69) is 26.0 Å². The summed E-state index contributed by atoms with van der Waals surface area (Å²) in [5.74, 6) is 0.127. The van der Waals surface area contributed by atoms with E-state index in [0.29, 0.717) is 13.0 Å². The van der Waals surface area contributed by atoms with Crippen molar-refractivity contribution in [3.05, 3.63) is 23.8 Å². The predicted octanol–water partition coefficient (Wildman–Crippen LogP) is 2.74. The molecule has 0 fully saturated rings. The lowest BCUT2D eigenvalue weighted by atomic mass is 10.1. The lowest BCUT2D eigenvalue weighted by molar-refractivity contribution is -0.120. The fourth-order valence-corrected chi connectivity index (χ4v) is 1.69. The first-order chi connectivity index (χ1) is 9.43. The lowest BCUT2D eigenvalue weighted by Crippen LogP contribution is -2.31. The van der Waals surface area contributed by atoms with Gasteiger partial charge in [0.2, 0.25) is 5.91 Å². The lowest BCUT2D eigenvalue weighted by Gasteiger charge is -2.12. The van der Waals surface area contributed by atoms with Crippen LogP contribution in [-0.2, 0) is 11.2 Å². The molecule has 0 heterocycles. The van der Waals surface area contributed by atoms with Crippen molar-refractivity contribution in [2.45, 2.75) is 24.8 Å². The third kappa shape index (κ3) is 5.32. The molecular formula is C13H16BrF2NO3. The van der Waals surface area contributed by atoms with Gasteiger partial charge in [0.25, 0.3) is 0 Å². The third-order valence-corrected chi connectivity index (χ3v) is 2.93. The topological polar surface area (TPSA) is 47.6 Å². The van der Waals surface area contributed by atoms with Crippen LogP contribution in [0.3, 0.4) is 0 Å². The van der Waals surface area contributed by atoms with E-state index in [-0.39, 0.29) is 22.2 Å². The fraction of sp³-hybridized carbons (Fsp3) is 0.462. The molecule has 112 valence electrons. The Hall–Kier alpha value is -1.37. The Morgan fingerprint density at radius 2 is 2.10 bits per heavy atom. The molecule has 0 radical (unpaired) electrons. The average Bonchev–Trinajstić information content (AvgIpc) is 2.39. The summed E-state index contributed by atoms with van der Waals surface area (Å²) < 4.78 is 33.7. The number of rotatable bonds is 7. The second kappa shape index (κ2) is 8.04. The molecule has 1 amide bonds. The van der Waals surface area contributed by atoms with Crippen molar-refractivity contribution in [2.24, 2.45) is 0 Å². The molecule has 20 heavy (non-hydrogen) atoms. The molecule has 4 nitrogen and oxygen atoms in total. The molecule has 1 atom stereocenters. The summed E-state index contributed by atoms with van der Waals surface area (Å²) in [6, 6.07) is 4.70.